The summed E-state index contributed by atoms with van der Waals surface area (Å²) in [5.74, 6) is 1.29. The Balaban J connectivity index is 1.34. The van der Waals surface area contributed by atoms with Crippen LogP contribution in [0.2, 0.25) is 5.02 Å². The Labute approximate surface area is 186 Å². The summed E-state index contributed by atoms with van der Waals surface area (Å²) in [5, 5.41) is 18.5. The van der Waals surface area contributed by atoms with Crippen molar-refractivity contribution in [1.82, 2.24) is 10.2 Å². The van der Waals surface area contributed by atoms with E-state index in [9.17, 15) is 9.90 Å². The van der Waals surface area contributed by atoms with Crippen LogP contribution in [0.3, 0.4) is 0 Å². The lowest BCUT2D eigenvalue weighted by atomic mass is 10.1. The summed E-state index contributed by atoms with van der Waals surface area (Å²) in [7, 11) is 0. The summed E-state index contributed by atoms with van der Waals surface area (Å²) in [4.78, 5) is 12.9. The Kier molecular flexibility index (Phi) is 5.09. The summed E-state index contributed by atoms with van der Waals surface area (Å²) in [5.41, 5.74) is 2.04. The van der Waals surface area contributed by atoms with Gasteiger partial charge in [0.1, 0.15) is 23.3 Å². The van der Waals surface area contributed by atoms with Gasteiger partial charge in [-0.1, -0.05) is 23.7 Å². The molecule has 0 saturated heterocycles. The van der Waals surface area contributed by atoms with E-state index in [2.05, 4.69) is 10.2 Å². The van der Waals surface area contributed by atoms with Gasteiger partial charge in [-0.3, -0.25) is 4.79 Å². The number of nitrogens with zero attached hydrogens (tertiary/aromatic N) is 2. The number of phenolic OH excluding ortho intramolecular Hbond substituents is 1. The van der Waals surface area contributed by atoms with Gasteiger partial charge in [0.05, 0.1) is 10.9 Å². The molecular formula is C24H15ClN2O5. The van der Waals surface area contributed by atoms with Crippen LogP contribution in [0.1, 0.15) is 5.89 Å². The maximum atomic E-state index is 12.9. The number of benzene rings is 3. The molecule has 0 radical (unpaired) electrons. The van der Waals surface area contributed by atoms with Crippen LogP contribution in [0.15, 0.2) is 86.6 Å². The van der Waals surface area contributed by atoms with Gasteiger partial charge in [-0.25, -0.2) is 0 Å². The number of rotatable bonds is 5. The fourth-order valence-corrected chi connectivity index (χ4v) is 3.33. The van der Waals surface area contributed by atoms with E-state index in [0.717, 1.165) is 5.56 Å². The average molecular weight is 447 g/mol. The first-order valence-electron chi connectivity index (χ1n) is 9.63. The zero-order valence-electron chi connectivity index (χ0n) is 16.5. The molecule has 0 atom stereocenters. The highest BCUT2D eigenvalue weighted by molar-refractivity contribution is 6.30. The summed E-state index contributed by atoms with van der Waals surface area (Å²) >= 11 is 5.90. The Bertz CT molecular complexity index is 1460. The minimum Gasteiger partial charge on any atom is -0.508 e. The average Bonchev–Trinajstić information content (AvgIpc) is 3.28. The van der Waals surface area contributed by atoms with Crippen LogP contribution in [0.4, 0.5) is 0 Å². The highest BCUT2D eigenvalue weighted by atomic mass is 35.5. The van der Waals surface area contributed by atoms with Crippen molar-refractivity contribution < 1.29 is 18.7 Å². The second kappa shape index (κ2) is 8.20. The Morgan fingerprint density at radius 2 is 1.69 bits per heavy atom. The molecule has 0 bridgehead atoms. The van der Waals surface area contributed by atoms with E-state index in [-0.39, 0.29) is 17.8 Å². The lowest BCUT2D eigenvalue weighted by Crippen LogP contribution is -2.05. The molecule has 3 aromatic carbocycles. The molecule has 8 heteroatoms. The molecule has 5 rings (SSSR count). The minimum absolute atomic E-state index is 0.0575. The van der Waals surface area contributed by atoms with Crippen molar-refractivity contribution in [3.05, 3.63) is 94.1 Å². The third-order valence-corrected chi connectivity index (χ3v) is 5.10. The predicted molar refractivity (Wildman–Crippen MR) is 119 cm³/mol. The largest absolute Gasteiger partial charge is 0.508 e. The third kappa shape index (κ3) is 3.93. The zero-order valence-corrected chi connectivity index (χ0v) is 17.2. The van der Waals surface area contributed by atoms with E-state index in [1.165, 1.54) is 18.4 Å². The Hall–Kier alpha value is -4.10. The van der Waals surface area contributed by atoms with Crippen LogP contribution in [0.25, 0.3) is 33.6 Å². The van der Waals surface area contributed by atoms with Gasteiger partial charge in [0, 0.05) is 16.7 Å². The van der Waals surface area contributed by atoms with Crippen molar-refractivity contribution >= 4 is 22.6 Å². The highest BCUT2D eigenvalue weighted by Crippen LogP contribution is 2.25. The fraction of sp³-hybridized carbons (Fsp3) is 0.0417. The summed E-state index contributed by atoms with van der Waals surface area (Å²) < 4.78 is 17.0. The molecule has 1 N–H and O–H groups in total. The smallest absolute Gasteiger partial charge is 0.254 e. The van der Waals surface area contributed by atoms with Crippen LogP contribution in [-0.2, 0) is 6.61 Å². The van der Waals surface area contributed by atoms with Gasteiger partial charge in [0.15, 0.2) is 12.0 Å². The molecule has 0 fully saturated rings. The fourth-order valence-electron chi connectivity index (χ4n) is 3.20. The van der Waals surface area contributed by atoms with E-state index in [4.69, 9.17) is 25.2 Å². The number of hydrogen-bond acceptors (Lipinski definition) is 7. The van der Waals surface area contributed by atoms with E-state index in [0.29, 0.717) is 44.6 Å². The summed E-state index contributed by atoms with van der Waals surface area (Å²) in [6.07, 6.45) is 1.40. The Morgan fingerprint density at radius 1 is 0.938 bits per heavy atom. The zero-order chi connectivity index (χ0) is 22.1. The molecule has 2 heterocycles. The maximum absolute atomic E-state index is 12.9. The predicted octanol–water partition coefficient (Wildman–Crippen LogP) is 5.45. The molecule has 0 amide bonds. The first-order valence-corrected chi connectivity index (χ1v) is 10.0. The van der Waals surface area contributed by atoms with E-state index < -0.39 is 0 Å². The monoisotopic (exact) mass is 446 g/mol. The second-order valence-corrected chi connectivity index (χ2v) is 7.42. The summed E-state index contributed by atoms with van der Waals surface area (Å²) in [6, 6.07) is 18.4. The van der Waals surface area contributed by atoms with Gasteiger partial charge in [-0.05, 0) is 54.1 Å². The van der Waals surface area contributed by atoms with Crippen molar-refractivity contribution in [2.45, 2.75) is 6.61 Å². The van der Waals surface area contributed by atoms with E-state index in [1.807, 2.05) is 0 Å². The molecule has 32 heavy (non-hydrogen) atoms. The van der Waals surface area contributed by atoms with E-state index in [1.54, 1.807) is 54.6 Å². The van der Waals surface area contributed by atoms with Gasteiger partial charge in [-0.2, -0.15) is 0 Å². The van der Waals surface area contributed by atoms with Gasteiger partial charge in [0.2, 0.25) is 5.89 Å². The van der Waals surface area contributed by atoms with Crippen molar-refractivity contribution in [3.8, 4) is 34.1 Å². The third-order valence-electron chi connectivity index (χ3n) is 4.84. The molecule has 158 valence electrons. The molecule has 0 aliphatic carbocycles. The van der Waals surface area contributed by atoms with Crippen LogP contribution in [0.5, 0.6) is 11.5 Å². The van der Waals surface area contributed by atoms with Gasteiger partial charge in [-0.15, -0.1) is 10.2 Å². The number of halogens is 1. The SMILES string of the molecule is O=c1c(-c2ccc(O)cc2)coc2cc(OCc3nnc(-c4ccc(Cl)cc4)o3)ccc12. The number of aromatic hydroxyl groups is 1. The summed E-state index contributed by atoms with van der Waals surface area (Å²) in [6.45, 7) is 0.0575. The lowest BCUT2D eigenvalue weighted by Gasteiger charge is -2.06. The topological polar surface area (TPSA) is 98.6 Å². The number of fused-ring (bicyclic) bond motifs is 1. The molecule has 0 aliphatic rings. The standard InChI is InChI=1S/C24H15ClN2O5/c25-16-5-1-15(2-6-16)24-27-26-22(32-24)13-30-18-9-10-19-21(11-18)31-12-20(23(19)29)14-3-7-17(28)8-4-14/h1-12,28H,13H2. The highest BCUT2D eigenvalue weighted by Gasteiger charge is 2.12. The molecule has 0 saturated carbocycles. The van der Waals surface area contributed by atoms with Crippen molar-refractivity contribution in [2.75, 3.05) is 0 Å². The molecule has 2 aromatic heterocycles. The first-order chi connectivity index (χ1) is 15.6. The molecule has 0 spiro atoms. The first kappa shape index (κ1) is 19.8. The minimum atomic E-state index is -0.173. The van der Waals surface area contributed by atoms with Crippen LogP contribution in [-0.4, -0.2) is 15.3 Å². The van der Waals surface area contributed by atoms with Crippen molar-refractivity contribution in [1.29, 1.82) is 0 Å². The Morgan fingerprint density at radius 3 is 2.47 bits per heavy atom. The van der Waals surface area contributed by atoms with Crippen LogP contribution >= 0.6 is 11.6 Å². The van der Waals surface area contributed by atoms with Gasteiger partial charge in [0.25, 0.3) is 5.89 Å². The van der Waals surface area contributed by atoms with Crippen LogP contribution < -0.4 is 10.2 Å². The maximum Gasteiger partial charge on any atom is 0.254 e. The number of ether oxygens (including phenoxy) is 1. The van der Waals surface area contributed by atoms with Crippen molar-refractivity contribution in [2.24, 2.45) is 0 Å². The number of hydrogen-bond donors (Lipinski definition) is 1. The molecule has 5 aromatic rings. The van der Waals surface area contributed by atoms with Crippen LogP contribution in [0, 0.1) is 0 Å². The van der Waals surface area contributed by atoms with Gasteiger partial charge < -0.3 is 18.7 Å². The normalized spacial score (nSPS) is 11.0. The number of phenols is 1. The second-order valence-electron chi connectivity index (χ2n) is 6.98. The molecule has 0 aliphatic heterocycles. The molecule has 7 nitrogen and oxygen atoms in total. The number of aromatic nitrogens is 2. The molecule has 0 unspecified atom stereocenters. The quantitative estimate of drug-likeness (QED) is 0.383. The van der Waals surface area contributed by atoms with E-state index >= 15 is 0 Å². The van der Waals surface area contributed by atoms with Gasteiger partial charge >= 0.3 is 0 Å². The van der Waals surface area contributed by atoms with Crippen molar-refractivity contribution in [3.63, 3.8) is 0 Å². The molecular weight excluding hydrogens is 432 g/mol. The lowest BCUT2D eigenvalue weighted by molar-refractivity contribution is 0.264.